The minimum atomic E-state index is 0.372. The lowest BCUT2D eigenvalue weighted by atomic mass is 10.2. The number of anilines is 1. The number of aromatic nitrogens is 2. The number of hydrogen-bond acceptors (Lipinski definition) is 6. The molecule has 6 nitrogen and oxygen atoms in total. The van der Waals surface area contributed by atoms with Gasteiger partial charge >= 0.3 is 0 Å². The molecule has 0 amide bonds. The van der Waals surface area contributed by atoms with Crippen molar-refractivity contribution in [3.05, 3.63) is 40.6 Å². The van der Waals surface area contributed by atoms with Crippen molar-refractivity contribution in [2.24, 2.45) is 5.84 Å². The molecule has 0 spiro atoms. The summed E-state index contributed by atoms with van der Waals surface area (Å²) in [5.74, 6) is 7.00. The predicted molar refractivity (Wildman–Crippen MR) is 74.9 cm³/mol. The van der Waals surface area contributed by atoms with Gasteiger partial charge in [-0.3, -0.25) is 0 Å². The fourth-order valence-electron chi connectivity index (χ4n) is 1.47. The topological polar surface area (TPSA) is 82.3 Å². The molecule has 1 heterocycles. The van der Waals surface area contributed by atoms with Crippen LogP contribution in [0.1, 0.15) is 5.56 Å². The Bertz CT molecular complexity index is 565. The van der Waals surface area contributed by atoms with Gasteiger partial charge in [0, 0.05) is 0 Å². The van der Waals surface area contributed by atoms with Crippen molar-refractivity contribution in [1.82, 2.24) is 9.97 Å². The molecule has 100 valence electrons. The molecule has 0 radical (unpaired) electrons. The Labute approximate surface area is 119 Å². The molecule has 0 saturated carbocycles. The van der Waals surface area contributed by atoms with Crippen LogP contribution in [0.2, 0.25) is 0 Å². The molecule has 0 aliphatic rings. The molecular formula is C12H13BrN4O2. The highest BCUT2D eigenvalue weighted by atomic mass is 79.9. The van der Waals surface area contributed by atoms with Crippen molar-refractivity contribution in [2.45, 2.75) is 6.61 Å². The smallest absolute Gasteiger partial charge is 0.233 e. The number of rotatable bonds is 5. The second-order valence-electron chi connectivity index (χ2n) is 3.63. The lowest BCUT2D eigenvalue weighted by Crippen LogP contribution is -2.10. The zero-order valence-corrected chi connectivity index (χ0v) is 11.8. The highest BCUT2D eigenvalue weighted by molar-refractivity contribution is 9.10. The number of benzene rings is 1. The van der Waals surface area contributed by atoms with Crippen LogP contribution in [0.5, 0.6) is 11.6 Å². The summed E-state index contributed by atoms with van der Waals surface area (Å²) in [5.41, 5.74) is 3.43. The molecule has 0 aliphatic carbocycles. The average Bonchev–Trinajstić information content (AvgIpc) is 2.46. The van der Waals surface area contributed by atoms with Gasteiger partial charge in [0.15, 0.2) is 5.82 Å². The van der Waals surface area contributed by atoms with E-state index in [0.29, 0.717) is 22.8 Å². The van der Waals surface area contributed by atoms with Crippen LogP contribution in [0.15, 0.2) is 35.1 Å². The molecule has 0 bridgehead atoms. The maximum atomic E-state index is 5.62. The molecule has 7 heteroatoms. The van der Waals surface area contributed by atoms with Crippen molar-refractivity contribution >= 4 is 21.7 Å². The molecule has 0 fully saturated rings. The lowest BCUT2D eigenvalue weighted by Gasteiger charge is -2.09. The van der Waals surface area contributed by atoms with Crippen molar-refractivity contribution < 1.29 is 9.47 Å². The zero-order valence-electron chi connectivity index (χ0n) is 10.3. The van der Waals surface area contributed by atoms with Gasteiger partial charge in [-0.25, -0.2) is 15.8 Å². The Morgan fingerprint density at radius 1 is 1.37 bits per heavy atom. The summed E-state index contributed by atoms with van der Waals surface area (Å²) in [6.45, 7) is 0.372. The van der Waals surface area contributed by atoms with Gasteiger partial charge in [-0.2, -0.15) is 0 Å². The van der Waals surface area contributed by atoms with Crippen LogP contribution in [0.25, 0.3) is 0 Å². The first-order valence-electron chi connectivity index (χ1n) is 5.47. The second kappa shape index (κ2) is 6.35. The first-order valence-corrected chi connectivity index (χ1v) is 6.26. The summed E-state index contributed by atoms with van der Waals surface area (Å²) < 4.78 is 11.3. The van der Waals surface area contributed by atoms with Gasteiger partial charge in [-0.05, 0) is 33.6 Å². The molecule has 0 saturated heterocycles. The zero-order chi connectivity index (χ0) is 13.7. The summed E-state index contributed by atoms with van der Waals surface area (Å²) in [4.78, 5) is 7.98. The minimum absolute atomic E-state index is 0.372. The molecule has 3 N–H and O–H groups in total. The van der Waals surface area contributed by atoms with E-state index in [0.717, 1.165) is 11.3 Å². The van der Waals surface area contributed by atoms with Gasteiger partial charge in [-0.1, -0.05) is 12.1 Å². The number of hydrogen-bond donors (Lipinski definition) is 2. The summed E-state index contributed by atoms with van der Waals surface area (Å²) in [6, 6.07) is 7.62. The van der Waals surface area contributed by atoms with E-state index in [2.05, 4.69) is 31.3 Å². The van der Waals surface area contributed by atoms with E-state index in [1.807, 2.05) is 24.3 Å². The molecular weight excluding hydrogens is 312 g/mol. The fourth-order valence-corrected chi connectivity index (χ4v) is 1.90. The molecule has 0 aliphatic heterocycles. The van der Waals surface area contributed by atoms with Crippen molar-refractivity contribution in [2.75, 3.05) is 12.5 Å². The van der Waals surface area contributed by atoms with Crippen LogP contribution in [0.3, 0.4) is 0 Å². The summed E-state index contributed by atoms with van der Waals surface area (Å²) in [5, 5.41) is 0. The van der Waals surface area contributed by atoms with Gasteiger partial charge < -0.3 is 14.9 Å². The fraction of sp³-hybridized carbons (Fsp3) is 0.167. The maximum absolute atomic E-state index is 5.62. The minimum Gasteiger partial charge on any atom is -0.497 e. The van der Waals surface area contributed by atoms with E-state index in [1.165, 1.54) is 6.33 Å². The highest BCUT2D eigenvalue weighted by Crippen LogP contribution is 2.28. The van der Waals surface area contributed by atoms with E-state index in [9.17, 15) is 0 Å². The van der Waals surface area contributed by atoms with E-state index >= 15 is 0 Å². The normalized spacial score (nSPS) is 10.1. The quantitative estimate of drug-likeness (QED) is 0.647. The number of methoxy groups -OCH3 is 1. The van der Waals surface area contributed by atoms with Crippen LogP contribution in [0, 0.1) is 0 Å². The van der Waals surface area contributed by atoms with E-state index in [4.69, 9.17) is 15.3 Å². The Morgan fingerprint density at radius 2 is 2.21 bits per heavy atom. The van der Waals surface area contributed by atoms with Crippen LogP contribution in [0.4, 0.5) is 5.82 Å². The Morgan fingerprint density at radius 3 is 2.95 bits per heavy atom. The third-order valence-electron chi connectivity index (χ3n) is 2.40. The third kappa shape index (κ3) is 3.33. The van der Waals surface area contributed by atoms with Crippen molar-refractivity contribution in [3.8, 4) is 11.6 Å². The second-order valence-corrected chi connectivity index (χ2v) is 4.42. The van der Waals surface area contributed by atoms with Gasteiger partial charge in [0.1, 0.15) is 23.2 Å². The molecule has 1 aromatic carbocycles. The SMILES string of the molecule is COc1cccc(COc2ncnc(NN)c2Br)c1. The summed E-state index contributed by atoms with van der Waals surface area (Å²) in [6.07, 6.45) is 1.38. The molecule has 1 aromatic heterocycles. The van der Waals surface area contributed by atoms with Gasteiger partial charge in [0.05, 0.1) is 7.11 Å². The maximum Gasteiger partial charge on any atom is 0.233 e. The van der Waals surface area contributed by atoms with Crippen molar-refractivity contribution in [1.29, 1.82) is 0 Å². The summed E-state index contributed by atoms with van der Waals surface area (Å²) >= 11 is 3.33. The molecule has 2 aromatic rings. The number of ether oxygens (including phenoxy) is 2. The number of hydrazine groups is 1. The van der Waals surface area contributed by atoms with Crippen LogP contribution in [-0.4, -0.2) is 17.1 Å². The number of nitrogens with two attached hydrogens (primary N) is 1. The van der Waals surface area contributed by atoms with E-state index < -0.39 is 0 Å². The Hall–Kier alpha value is -1.86. The van der Waals surface area contributed by atoms with Gasteiger partial charge in [0.25, 0.3) is 0 Å². The average molecular weight is 325 g/mol. The van der Waals surface area contributed by atoms with Gasteiger partial charge in [-0.15, -0.1) is 0 Å². The third-order valence-corrected chi connectivity index (χ3v) is 3.12. The van der Waals surface area contributed by atoms with E-state index in [-0.39, 0.29) is 0 Å². The largest absolute Gasteiger partial charge is 0.497 e. The first kappa shape index (κ1) is 13.6. The Kier molecular flexibility index (Phi) is 4.53. The van der Waals surface area contributed by atoms with Crippen molar-refractivity contribution in [3.63, 3.8) is 0 Å². The lowest BCUT2D eigenvalue weighted by molar-refractivity contribution is 0.290. The predicted octanol–water partition coefficient (Wildman–Crippen LogP) is 2.11. The number of nitrogen functional groups attached to an aromatic ring is 1. The molecule has 0 atom stereocenters. The highest BCUT2D eigenvalue weighted by Gasteiger charge is 2.09. The molecule has 19 heavy (non-hydrogen) atoms. The number of halogens is 1. The molecule has 0 unspecified atom stereocenters. The van der Waals surface area contributed by atoms with Crippen LogP contribution in [-0.2, 0) is 6.61 Å². The summed E-state index contributed by atoms with van der Waals surface area (Å²) in [7, 11) is 1.63. The number of nitrogens with one attached hydrogen (secondary N) is 1. The van der Waals surface area contributed by atoms with Crippen LogP contribution >= 0.6 is 15.9 Å². The first-order chi connectivity index (χ1) is 9.24. The Balaban J connectivity index is 2.10. The van der Waals surface area contributed by atoms with Crippen LogP contribution < -0.4 is 20.7 Å². The van der Waals surface area contributed by atoms with Gasteiger partial charge in [0.2, 0.25) is 5.88 Å². The standard InChI is InChI=1S/C12H13BrN4O2/c1-18-9-4-2-3-8(5-9)6-19-12-10(13)11(17-14)15-7-16-12/h2-5,7H,6,14H2,1H3,(H,15,16,17). The molecule has 2 rings (SSSR count). The monoisotopic (exact) mass is 324 g/mol. The number of nitrogens with zero attached hydrogens (tertiary/aromatic N) is 2. The van der Waals surface area contributed by atoms with E-state index in [1.54, 1.807) is 7.11 Å².